The Morgan fingerprint density at radius 1 is 1.00 bits per heavy atom. The number of sulfonamides is 1. The smallest absolute Gasteiger partial charge is 0.259 e. The van der Waals surface area contributed by atoms with E-state index in [9.17, 15) is 13.2 Å². The van der Waals surface area contributed by atoms with Gasteiger partial charge in [0.25, 0.3) is 5.91 Å². The second-order valence-corrected chi connectivity index (χ2v) is 10.3. The normalized spacial score (nSPS) is 15.5. The molecule has 0 radical (unpaired) electrons. The van der Waals surface area contributed by atoms with Crippen LogP contribution < -0.4 is 5.32 Å². The van der Waals surface area contributed by atoms with Gasteiger partial charge in [-0.3, -0.25) is 9.48 Å². The number of likely N-dealkylation sites (N-methyl/N-ethyl adjacent to an activating group) is 1. The SMILES string of the molecule is Cc1nn(Cc2ccccc2)c(C)c1C(=O)Nc1cccc(S(=O)(=O)N2CCN(C)CC2)c1. The molecule has 4 rings (SSSR count). The second kappa shape index (κ2) is 9.46. The Bertz CT molecular complexity index is 1250. The molecule has 0 saturated carbocycles. The third-order valence-electron chi connectivity index (χ3n) is 5.98. The highest BCUT2D eigenvalue weighted by Crippen LogP contribution is 2.22. The summed E-state index contributed by atoms with van der Waals surface area (Å²) in [6, 6.07) is 16.4. The van der Waals surface area contributed by atoms with Crippen molar-refractivity contribution in [1.82, 2.24) is 19.0 Å². The zero-order valence-corrected chi connectivity index (χ0v) is 20.0. The molecule has 2 heterocycles. The molecule has 1 aromatic heterocycles. The van der Waals surface area contributed by atoms with Gasteiger partial charge in [-0.25, -0.2) is 8.42 Å². The minimum atomic E-state index is -3.62. The molecule has 9 heteroatoms. The van der Waals surface area contributed by atoms with Gasteiger partial charge in [0.15, 0.2) is 0 Å². The Hall–Kier alpha value is -3.01. The van der Waals surface area contributed by atoms with Crippen molar-refractivity contribution >= 4 is 21.6 Å². The first-order chi connectivity index (χ1) is 15.8. The van der Waals surface area contributed by atoms with Gasteiger partial charge in [0.05, 0.1) is 22.7 Å². The average molecular weight is 468 g/mol. The molecule has 0 aliphatic carbocycles. The maximum atomic E-state index is 13.1. The number of carbonyl (C=O) groups is 1. The third kappa shape index (κ3) is 5.00. The number of aryl methyl sites for hydroxylation is 1. The number of piperazine rings is 1. The van der Waals surface area contributed by atoms with Gasteiger partial charge < -0.3 is 10.2 Å². The topological polar surface area (TPSA) is 87.5 Å². The summed E-state index contributed by atoms with van der Waals surface area (Å²) in [5.74, 6) is -0.307. The standard InChI is InChI=1S/C24H29N5O3S/c1-18-23(19(2)29(26-18)17-20-8-5-4-6-9-20)24(30)25-21-10-7-11-22(16-21)33(31,32)28-14-12-27(3)13-15-28/h4-11,16H,12-15,17H2,1-3H3,(H,25,30). The predicted molar refractivity (Wildman–Crippen MR) is 128 cm³/mol. The van der Waals surface area contributed by atoms with Gasteiger partial charge in [0.1, 0.15) is 0 Å². The molecule has 0 unspecified atom stereocenters. The molecule has 33 heavy (non-hydrogen) atoms. The lowest BCUT2D eigenvalue weighted by atomic mass is 10.1. The molecule has 0 spiro atoms. The van der Waals surface area contributed by atoms with E-state index in [1.54, 1.807) is 25.1 Å². The van der Waals surface area contributed by atoms with Gasteiger partial charge in [-0.15, -0.1) is 0 Å². The van der Waals surface area contributed by atoms with Crippen molar-refractivity contribution in [2.24, 2.45) is 0 Å². The Kier molecular flexibility index (Phi) is 6.64. The van der Waals surface area contributed by atoms with Gasteiger partial charge in [-0.1, -0.05) is 36.4 Å². The van der Waals surface area contributed by atoms with Crippen molar-refractivity contribution in [3.05, 3.63) is 77.1 Å². The molecule has 0 bridgehead atoms. The van der Waals surface area contributed by atoms with Crippen LogP contribution in [0.1, 0.15) is 27.3 Å². The second-order valence-electron chi connectivity index (χ2n) is 8.38. The molecule has 1 aliphatic rings. The maximum absolute atomic E-state index is 13.1. The Morgan fingerprint density at radius 2 is 1.70 bits per heavy atom. The number of amides is 1. The molecule has 1 amide bonds. The number of anilines is 1. The van der Waals surface area contributed by atoms with Gasteiger partial charge in [0, 0.05) is 37.6 Å². The summed E-state index contributed by atoms with van der Waals surface area (Å²) in [6.45, 7) is 6.54. The lowest BCUT2D eigenvalue weighted by molar-refractivity contribution is 0.102. The summed E-state index contributed by atoms with van der Waals surface area (Å²) < 4.78 is 29.4. The van der Waals surface area contributed by atoms with E-state index in [1.807, 2.05) is 49.0 Å². The van der Waals surface area contributed by atoms with Gasteiger partial charge >= 0.3 is 0 Å². The van der Waals surface area contributed by atoms with E-state index < -0.39 is 10.0 Å². The lowest BCUT2D eigenvalue weighted by Gasteiger charge is -2.31. The summed E-state index contributed by atoms with van der Waals surface area (Å²) in [5.41, 5.74) is 3.41. The molecule has 0 atom stereocenters. The largest absolute Gasteiger partial charge is 0.322 e. The van der Waals surface area contributed by atoms with E-state index in [1.165, 1.54) is 10.4 Å². The van der Waals surface area contributed by atoms with E-state index in [2.05, 4.69) is 15.3 Å². The number of aromatic nitrogens is 2. The quantitative estimate of drug-likeness (QED) is 0.602. The molecule has 1 fully saturated rings. The summed E-state index contributed by atoms with van der Waals surface area (Å²) in [7, 11) is -1.64. The van der Waals surface area contributed by atoms with Gasteiger partial charge in [0.2, 0.25) is 10.0 Å². The van der Waals surface area contributed by atoms with Gasteiger partial charge in [-0.05, 0) is 44.7 Å². The Balaban J connectivity index is 1.53. The number of hydrogen-bond acceptors (Lipinski definition) is 5. The van der Waals surface area contributed by atoms with E-state index in [-0.39, 0.29) is 10.8 Å². The summed E-state index contributed by atoms with van der Waals surface area (Å²) in [6.07, 6.45) is 0. The number of nitrogens with one attached hydrogen (secondary N) is 1. The van der Waals surface area contributed by atoms with Crippen LogP contribution in [0.4, 0.5) is 5.69 Å². The molecule has 174 valence electrons. The van der Waals surface area contributed by atoms with Crippen LogP contribution >= 0.6 is 0 Å². The van der Waals surface area contributed by atoms with Crippen LogP contribution in [0.15, 0.2) is 59.5 Å². The Morgan fingerprint density at radius 3 is 2.39 bits per heavy atom. The fourth-order valence-corrected chi connectivity index (χ4v) is 5.51. The van der Waals surface area contributed by atoms with E-state index >= 15 is 0 Å². The van der Waals surface area contributed by atoms with E-state index in [0.29, 0.717) is 49.7 Å². The lowest BCUT2D eigenvalue weighted by Crippen LogP contribution is -2.47. The Labute approximate surface area is 194 Å². The third-order valence-corrected chi connectivity index (χ3v) is 7.87. The zero-order valence-electron chi connectivity index (χ0n) is 19.2. The van der Waals surface area contributed by atoms with Crippen LogP contribution in [0, 0.1) is 13.8 Å². The fourth-order valence-electron chi connectivity index (χ4n) is 4.04. The van der Waals surface area contributed by atoms with Crippen molar-refractivity contribution in [3.63, 3.8) is 0 Å². The average Bonchev–Trinajstić information content (AvgIpc) is 3.07. The van der Waals surface area contributed by atoms with Gasteiger partial charge in [-0.2, -0.15) is 9.40 Å². The van der Waals surface area contributed by atoms with Crippen LogP contribution in [-0.2, 0) is 16.6 Å². The number of nitrogens with zero attached hydrogens (tertiary/aromatic N) is 4. The van der Waals surface area contributed by atoms with Crippen molar-refractivity contribution in [1.29, 1.82) is 0 Å². The first-order valence-electron chi connectivity index (χ1n) is 10.9. The van der Waals surface area contributed by atoms with Crippen LogP contribution in [0.5, 0.6) is 0 Å². The highest BCUT2D eigenvalue weighted by Gasteiger charge is 2.28. The van der Waals surface area contributed by atoms with Crippen LogP contribution in [-0.4, -0.2) is 66.5 Å². The van der Waals surface area contributed by atoms with Crippen molar-refractivity contribution in [2.75, 3.05) is 38.5 Å². The minimum absolute atomic E-state index is 0.179. The molecule has 2 aromatic carbocycles. The molecule has 1 N–H and O–H groups in total. The summed E-state index contributed by atoms with van der Waals surface area (Å²) in [4.78, 5) is 15.4. The number of rotatable bonds is 6. The summed E-state index contributed by atoms with van der Waals surface area (Å²) >= 11 is 0. The predicted octanol–water partition coefficient (Wildman–Crippen LogP) is 2.74. The molecular weight excluding hydrogens is 438 g/mol. The van der Waals surface area contributed by atoms with Crippen molar-refractivity contribution in [3.8, 4) is 0 Å². The molecular formula is C24H29N5O3S. The van der Waals surface area contributed by atoms with Crippen molar-refractivity contribution in [2.45, 2.75) is 25.3 Å². The van der Waals surface area contributed by atoms with Crippen LogP contribution in [0.2, 0.25) is 0 Å². The monoisotopic (exact) mass is 467 g/mol. The minimum Gasteiger partial charge on any atom is -0.322 e. The fraction of sp³-hybridized carbons (Fsp3) is 0.333. The zero-order chi connectivity index (χ0) is 23.6. The number of hydrogen-bond donors (Lipinski definition) is 1. The molecule has 1 aliphatic heterocycles. The van der Waals surface area contributed by atoms with Crippen molar-refractivity contribution < 1.29 is 13.2 Å². The highest BCUT2D eigenvalue weighted by atomic mass is 32.2. The molecule has 3 aromatic rings. The molecule has 1 saturated heterocycles. The molecule has 8 nitrogen and oxygen atoms in total. The van der Waals surface area contributed by atoms with Crippen LogP contribution in [0.3, 0.4) is 0 Å². The van der Waals surface area contributed by atoms with E-state index in [0.717, 1.165) is 11.3 Å². The highest BCUT2D eigenvalue weighted by molar-refractivity contribution is 7.89. The van der Waals surface area contributed by atoms with Crippen LogP contribution in [0.25, 0.3) is 0 Å². The number of benzene rings is 2. The summed E-state index contributed by atoms with van der Waals surface area (Å²) in [5, 5.41) is 7.40. The number of carbonyl (C=O) groups excluding carboxylic acids is 1. The first-order valence-corrected chi connectivity index (χ1v) is 12.4. The first kappa shape index (κ1) is 23.2. The maximum Gasteiger partial charge on any atom is 0.259 e. The van der Waals surface area contributed by atoms with E-state index in [4.69, 9.17) is 0 Å².